The van der Waals surface area contributed by atoms with Crippen LogP contribution in [-0.4, -0.2) is 59.1 Å². The lowest BCUT2D eigenvalue weighted by molar-refractivity contribution is -0.173. The van der Waals surface area contributed by atoms with Gasteiger partial charge in [0, 0.05) is 7.11 Å². The third kappa shape index (κ3) is 1.43. The molecule has 7 heteroatoms. The minimum atomic E-state index is -1.64. The molecular formula is C10H13NO6. The quantitative estimate of drug-likeness (QED) is 0.610. The Bertz CT molecular complexity index is 392. The standard InChI is InChI=1S/C10H13NO6/c1-16-5-10(9(14)15)6(2-3-12)17-8-4-7(13)11(8)10/h2,8,12H,3-5H2,1H3,(H,14,15)/b6-2-/t8-,10-/m1/s1. The molecule has 2 aliphatic rings. The van der Waals surface area contributed by atoms with Crippen molar-refractivity contribution in [3.05, 3.63) is 11.8 Å². The van der Waals surface area contributed by atoms with Gasteiger partial charge in [0.1, 0.15) is 5.76 Å². The number of nitrogens with zero attached hydrogens (tertiary/aromatic N) is 1. The first-order chi connectivity index (χ1) is 8.07. The number of aliphatic hydroxyl groups excluding tert-OH is 1. The van der Waals surface area contributed by atoms with E-state index >= 15 is 0 Å². The van der Waals surface area contributed by atoms with Gasteiger partial charge in [-0.25, -0.2) is 4.79 Å². The second kappa shape index (κ2) is 4.01. The molecule has 2 aliphatic heterocycles. The summed E-state index contributed by atoms with van der Waals surface area (Å²) in [5.74, 6) is -1.46. The second-order valence-corrected chi connectivity index (χ2v) is 3.89. The third-order valence-electron chi connectivity index (χ3n) is 2.97. The van der Waals surface area contributed by atoms with Gasteiger partial charge in [-0.2, -0.15) is 0 Å². The van der Waals surface area contributed by atoms with E-state index in [1.807, 2.05) is 0 Å². The molecule has 1 amide bonds. The van der Waals surface area contributed by atoms with E-state index in [9.17, 15) is 14.7 Å². The van der Waals surface area contributed by atoms with Crippen molar-refractivity contribution in [1.82, 2.24) is 4.90 Å². The van der Waals surface area contributed by atoms with Crippen LogP contribution in [0, 0.1) is 0 Å². The van der Waals surface area contributed by atoms with Crippen LogP contribution in [0.4, 0.5) is 0 Å². The SMILES string of the molecule is COC[C@]1(C(=O)O)/C(=C/CO)O[C@@H]2CC(=O)N21. The molecule has 94 valence electrons. The van der Waals surface area contributed by atoms with Crippen molar-refractivity contribution >= 4 is 11.9 Å². The third-order valence-corrected chi connectivity index (χ3v) is 2.97. The first-order valence-electron chi connectivity index (χ1n) is 5.10. The summed E-state index contributed by atoms with van der Waals surface area (Å²) in [6, 6.07) is 0. The Labute approximate surface area is 97.2 Å². The van der Waals surface area contributed by atoms with Crippen molar-refractivity contribution in [2.24, 2.45) is 0 Å². The predicted molar refractivity (Wildman–Crippen MR) is 53.7 cm³/mol. The summed E-state index contributed by atoms with van der Waals surface area (Å²) >= 11 is 0. The van der Waals surface area contributed by atoms with Gasteiger partial charge in [-0.15, -0.1) is 0 Å². The van der Waals surface area contributed by atoms with E-state index in [0.29, 0.717) is 0 Å². The minimum absolute atomic E-state index is 0.0604. The first kappa shape index (κ1) is 11.9. The number of carbonyl (C=O) groups is 2. The van der Waals surface area contributed by atoms with E-state index in [1.54, 1.807) is 0 Å². The maximum absolute atomic E-state index is 11.5. The molecule has 2 saturated heterocycles. The van der Waals surface area contributed by atoms with Gasteiger partial charge in [0.15, 0.2) is 6.23 Å². The van der Waals surface area contributed by atoms with Crippen LogP contribution < -0.4 is 0 Å². The van der Waals surface area contributed by atoms with Crippen molar-refractivity contribution in [2.75, 3.05) is 20.3 Å². The molecule has 7 nitrogen and oxygen atoms in total. The molecule has 2 N–H and O–H groups in total. The number of carbonyl (C=O) groups excluding carboxylic acids is 1. The molecule has 0 aromatic carbocycles. The van der Waals surface area contributed by atoms with Crippen LogP contribution in [0.3, 0.4) is 0 Å². The molecule has 0 aromatic heterocycles. The number of methoxy groups -OCH3 is 1. The lowest BCUT2D eigenvalue weighted by Crippen LogP contribution is -2.64. The van der Waals surface area contributed by atoms with Gasteiger partial charge in [0.2, 0.25) is 11.4 Å². The number of fused-ring (bicyclic) bond motifs is 1. The highest BCUT2D eigenvalue weighted by Crippen LogP contribution is 2.44. The smallest absolute Gasteiger partial charge is 0.340 e. The van der Waals surface area contributed by atoms with Crippen LogP contribution in [0.2, 0.25) is 0 Å². The molecule has 2 heterocycles. The van der Waals surface area contributed by atoms with Gasteiger partial charge in [-0.3, -0.25) is 9.69 Å². The number of carboxylic acids is 1. The lowest BCUT2D eigenvalue weighted by atomic mass is 9.93. The van der Waals surface area contributed by atoms with Crippen molar-refractivity contribution in [3.63, 3.8) is 0 Å². The van der Waals surface area contributed by atoms with Crippen LogP contribution in [0.15, 0.2) is 11.8 Å². The van der Waals surface area contributed by atoms with Crippen LogP contribution in [-0.2, 0) is 19.1 Å². The van der Waals surface area contributed by atoms with E-state index < -0.39 is 17.7 Å². The molecule has 0 saturated carbocycles. The number of hydrogen-bond acceptors (Lipinski definition) is 5. The summed E-state index contributed by atoms with van der Waals surface area (Å²) in [6.45, 7) is -0.570. The van der Waals surface area contributed by atoms with Crippen LogP contribution in [0.5, 0.6) is 0 Å². The van der Waals surface area contributed by atoms with Gasteiger partial charge in [-0.1, -0.05) is 0 Å². The molecule has 2 fully saturated rings. The Morgan fingerprint density at radius 2 is 2.47 bits per heavy atom. The fraction of sp³-hybridized carbons (Fsp3) is 0.600. The molecule has 0 spiro atoms. The highest BCUT2D eigenvalue weighted by Gasteiger charge is 2.64. The summed E-state index contributed by atoms with van der Waals surface area (Å²) in [4.78, 5) is 24.1. The lowest BCUT2D eigenvalue weighted by Gasteiger charge is -2.39. The van der Waals surface area contributed by atoms with Crippen molar-refractivity contribution in [1.29, 1.82) is 0 Å². The van der Waals surface area contributed by atoms with Gasteiger partial charge in [0.05, 0.1) is 19.6 Å². The van der Waals surface area contributed by atoms with Gasteiger partial charge >= 0.3 is 5.97 Å². The number of β-lactam (4-membered cyclic amide) rings is 1. The van der Waals surface area contributed by atoms with Crippen molar-refractivity contribution in [2.45, 2.75) is 18.2 Å². The van der Waals surface area contributed by atoms with Crippen LogP contribution in [0.25, 0.3) is 0 Å². The van der Waals surface area contributed by atoms with E-state index in [0.717, 1.165) is 4.90 Å². The fourth-order valence-corrected chi connectivity index (χ4v) is 2.22. The van der Waals surface area contributed by atoms with E-state index in [1.165, 1.54) is 13.2 Å². The number of hydrogen-bond donors (Lipinski definition) is 2. The number of rotatable bonds is 4. The summed E-state index contributed by atoms with van der Waals surface area (Å²) < 4.78 is 10.2. The monoisotopic (exact) mass is 243 g/mol. The zero-order valence-electron chi connectivity index (χ0n) is 9.25. The molecular weight excluding hydrogens is 230 g/mol. The molecule has 0 bridgehead atoms. The minimum Gasteiger partial charge on any atom is -0.479 e. The number of amides is 1. The Morgan fingerprint density at radius 1 is 1.76 bits per heavy atom. The number of aliphatic carboxylic acids is 1. The highest BCUT2D eigenvalue weighted by atomic mass is 16.5. The zero-order valence-corrected chi connectivity index (χ0v) is 9.25. The predicted octanol–water partition coefficient (Wildman–Crippen LogP) is -1.08. The number of carboxylic acid groups (broad SMARTS) is 1. The average molecular weight is 243 g/mol. The maximum atomic E-state index is 11.5. The Hall–Kier alpha value is -1.60. The second-order valence-electron chi connectivity index (χ2n) is 3.89. The summed E-state index contributed by atoms with van der Waals surface area (Å²) in [7, 11) is 1.35. The molecule has 0 unspecified atom stereocenters. The van der Waals surface area contributed by atoms with E-state index in [4.69, 9.17) is 14.6 Å². The normalized spacial score (nSPS) is 33.3. The fourth-order valence-electron chi connectivity index (χ4n) is 2.22. The maximum Gasteiger partial charge on any atom is 0.340 e. The first-order valence-corrected chi connectivity index (χ1v) is 5.10. The molecule has 0 aromatic rings. The highest BCUT2D eigenvalue weighted by molar-refractivity contribution is 5.94. The zero-order chi connectivity index (χ0) is 12.6. The Balaban J connectivity index is 2.45. The van der Waals surface area contributed by atoms with Crippen LogP contribution >= 0.6 is 0 Å². The summed E-state index contributed by atoms with van der Waals surface area (Å²) in [5, 5.41) is 18.2. The van der Waals surface area contributed by atoms with Gasteiger partial charge in [0.25, 0.3) is 0 Å². The molecule has 2 atom stereocenters. The number of aliphatic hydroxyl groups is 1. The molecule has 0 aliphatic carbocycles. The van der Waals surface area contributed by atoms with E-state index in [2.05, 4.69) is 0 Å². The summed E-state index contributed by atoms with van der Waals surface area (Å²) in [6.07, 6.45) is 0.840. The summed E-state index contributed by atoms with van der Waals surface area (Å²) in [5.41, 5.74) is -1.64. The average Bonchev–Trinajstić information content (AvgIpc) is 2.49. The largest absolute Gasteiger partial charge is 0.479 e. The van der Waals surface area contributed by atoms with Crippen molar-refractivity contribution < 1.29 is 29.3 Å². The topological polar surface area (TPSA) is 96.3 Å². The molecule has 17 heavy (non-hydrogen) atoms. The number of ether oxygens (including phenoxy) is 2. The van der Waals surface area contributed by atoms with Gasteiger partial charge < -0.3 is 19.7 Å². The van der Waals surface area contributed by atoms with Gasteiger partial charge in [-0.05, 0) is 6.08 Å². The van der Waals surface area contributed by atoms with Crippen molar-refractivity contribution in [3.8, 4) is 0 Å². The molecule has 2 rings (SSSR count). The molecule has 0 radical (unpaired) electrons. The van der Waals surface area contributed by atoms with E-state index in [-0.39, 0.29) is 31.3 Å². The Kier molecular flexibility index (Phi) is 2.80. The Morgan fingerprint density at radius 3 is 2.94 bits per heavy atom. The van der Waals surface area contributed by atoms with Crippen LogP contribution in [0.1, 0.15) is 6.42 Å².